The molecule has 106 valence electrons. The molecular weight excluding hydrogens is 224 g/mol. The van der Waals surface area contributed by atoms with Gasteiger partial charge < -0.3 is 9.84 Å². The number of hydrogen-bond donors (Lipinski definition) is 1. The standard InChI is InChI=1S/C16H30O2/c1-2-3-4-5-6-10-13-16(14-18-16)15(17)11-8-7-9-12-15/h17H,2-14H2,1H3. The molecule has 1 N–H and O–H groups in total. The summed E-state index contributed by atoms with van der Waals surface area (Å²) in [5.74, 6) is 0. The van der Waals surface area contributed by atoms with Crippen LogP contribution in [0.2, 0.25) is 0 Å². The van der Waals surface area contributed by atoms with Crippen molar-refractivity contribution in [3.63, 3.8) is 0 Å². The Hall–Kier alpha value is -0.0800. The van der Waals surface area contributed by atoms with Gasteiger partial charge in [-0.05, 0) is 19.3 Å². The van der Waals surface area contributed by atoms with E-state index < -0.39 is 5.60 Å². The summed E-state index contributed by atoms with van der Waals surface area (Å²) >= 11 is 0. The van der Waals surface area contributed by atoms with Gasteiger partial charge in [-0.1, -0.05) is 64.7 Å². The lowest BCUT2D eigenvalue weighted by Gasteiger charge is -2.37. The van der Waals surface area contributed by atoms with Gasteiger partial charge in [0.05, 0.1) is 12.2 Å². The van der Waals surface area contributed by atoms with Crippen LogP contribution in [0.5, 0.6) is 0 Å². The summed E-state index contributed by atoms with van der Waals surface area (Å²) in [6.45, 7) is 3.06. The van der Waals surface area contributed by atoms with Crippen LogP contribution in [-0.2, 0) is 4.74 Å². The van der Waals surface area contributed by atoms with Crippen molar-refractivity contribution >= 4 is 0 Å². The maximum atomic E-state index is 10.8. The van der Waals surface area contributed by atoms with Gasteiger partial charge in [0.2, 0.25) is 0 Å². The van der Waals surface area contributed by atoms with Crippen LogP contribution >= 0.6 is 0 Å². The minimum Gasteiger partial charge on any atom is -0.387 e. The van der Waals surface area contributed by atoms with E-state index in [-0.39, 0.29) is 5.60 Å². The minimum atomic E-state index is -0.491. The van der Waals surface area contributed by atoms with Gasteiger partial charge in [0.25, 0.3) is 0 Å². The van der Waals surface area contributed by atoms with Crippen molar-refractivity contribution in [2.24, 2.45) is 0 Å². The summed E-state index contributed by atoms with van der Waals surface area (Å²) < 4.78 is 5.72. The molecule has 0 aromatic rings. The molecule has 0 amide bonds. The first-order chi connectivity index (χ1) is 8.72. The van der Waals surface area contributed by atoms with E-state index in [0.29, 0.717) is 0 Å². The van der Waals surface area contributed by atoms with Crippen LogP contribution in [0.3, 0.4) is 0 Å². The van der Waals surface area contributed by atoms with Crippen LogP contribution in [-0.4, -0.2) is 22.9 Å². The topological polar surface area (TPSA) is 32.8 Å². The summed E-state index contributed by atoms with van der Waals surface area (Å²) in [5, 5.41) is 10.8. The molecule has 2 rings (SSSR count). The molecule has 1 aliphatic carbocycles. The van der Waals surface area contributed by atoms with Crippen molar-refractivity contribution in [3.8, 4) is 0 Å². The van der Waals surface area contributed by atoms with E-state index in [0.717, 1.165) is 25.9 Å². The summed E-state index contributed by atoms with van der Waals surface area (Å²) in [7, 11) is 0. The Morgan fingerprint density at radius 3 is 2.17 bits per heavy atom. The first kappa shape index (κ1) is 14.3. The maximum Gasteiger partial charge on any atom is 0.120 e. The molecular formula is C16H30O2. The first-order valence-corrected chi connectivity index (χ1v) is 8.09. The highest BCUT2D eigenvalue weighted by molar-refractivity contribution is 5.09. The van der Waals surface area contributed by atoms with E-state index in [1.807, 2.05) is 0 Å². The highest BCUT2D eigenvalue weighted by Crippen LogP contribution is 2.49. The number of rotatable bonds is 8. The molecule has 0 spiro atoms. The molecule has 1 heterocycles. The molecule has 0 aromatic carbocycles. The van der Waals surface area contributed by atoms with Crippen LogP contribution in [0.4, 0.5) is 0 Å². The van der Waals surface area contributed by atoms with Crippen LogP contribution in [0.1, 0.15) is 84.0 Å². The average molecular weight is 254 g/mol. The number of epoxide rings is 1. The summed E-state index contributed by atoms with van der Waals surface area (Å²) in [6.07, 6.45) is 14.6. The van der Waals surface area contributed by atoms with Gasteiger partial charge in [-0.2, -0.15) is 0 Å². The summed E-state index contributed by atoms with van der Waals surface area (Å²) in [5.41, 5.74) is -0.632. The maximum absolute atomic E-state index is 10.8. The molecule has 1 aliphatic heterocycles. The fourth-order valence-electron chi connectivity index (χ4n) is 3.52. The molecule has 18 heavy (non-hydrogen) atoms. The zero-order valence-electron chi connectivity index (χ0n) is 12.0. The van der Waals surface area contributed by atoms with E-state index in [2.05, 4.69) is 6.92 Å². The monoisotopic (exact) mass is 254 g/mol. The van der Waals surface area contributed by atoms with Crippen LogP contribution in [0.15, 0.2) is 0 Å². The zero-order valence-corrected chi connectivity index (χ0v) is 12.0. The Kier molecular flexibility index (Phi) is 5.08. The highest BCUT2D eigenvalue weighted by Gasteiger charge is 2.59. The second kappa shape index (κ2) is 6.38. The molecule has 1 saturated heterocycles. The van der Waals surface area contributed by atoms with E-state index in [1.165, 1.54) is 57.8 Å². The second-order valence-corrected chi connectivity index (χ2v) is 6.39. The van der Waals surface area contributed by atoms with Gasteiger partial charge in [-0.25, -0.2) is 0 Å². The number of hydrogen-bond acceptors (Lipinski definition) is 2. The second-order valence-electron chi connectivity index (χ2n) is 6.39. The highest BCUT2D eigenvalue weighted by atomic mass is 16.6. The quantitative estimate of drug-likeness (QED) is 0.520. The Morgan fingerprint density at radius 2 is 1.56 bits per heavy atom. The zero-order chi connectivity index (χ0) is 12.9. The Labute approximate surface area is 112 Å². The fraction of sp³-hybridized carbons (Fsp3) is 1.00. The Morgan fingerprint density at radius 1 is 0.944 bits per heavy atom. The third-order valence-electron chi connectivity index (χ3n) is 4.96. The van der Waals surface area contributed by atoms with Gasteiger partial charge in [-0.3, -0.25) is 0 Å². The van der Waals surface area contributed by atoms with Gasteiger partial charge in [-0.15, -0.1) is 0 Å². The lowest BCUT2D eigenvalue weighted by molar-refractivity contribution is -0.0689. The number of aliphatic hydroxyl groups is 1. The molecule has 2 heteroatoms. The number of ether oxygens (including phenoxy) is 1. The third-order valence-corrected chi connectivity index (χ3v) is 4.96. The van der Waals surface area contributed by atoms with Gasteiger partial charge >= 0.3 is 0 Å². The largest absolute Gasteiger partial charge is 0.387 e. The Bertz CT molecular complexity index is 239. The van der Waals surface area contributed by atoms with E-state index >= 15 is 0 Å². The predicted molar refractivity (Wildman–Crippen MR) is 74.7 cm³/mol. The van der Waals surface area contributed by atoms with Crippen LogP contribution in [0.25, 0.3) is 0 Å². The van der Waals surface area contributed by atoms with E-state index in [1.54, 1.807) is 0 Å². The average Bonchev–Trinajstić information content (AvgIpc) is 3.16. The molecule has 2 fully saturated rings. The minimum absolute atomic E-state index is 0.141. The molecule has 2 nitrogen and oxygen atoms in total. The molecule has 0 aromatic heterocycles. The molecule has 1 atom stereocenters. The van der Waals surface area contributed by atoms with E-state index in [9.17, 15) is 5.11 Å². The smallest absolute Gasteiger partial charge is 0.120 e. The summed E-state index contributed by atoms with van der Waals surface area (Å²) in [4.78, 5) is 0. The first-order valence-electron chi connectivity index (χ1n) is 8.09. The third kappa shape index (κ3) is 3.27. The molecule has 1 saturated carbocycles. The van der Waals surface area contributed by atoms with Crippen molar-refractivity contribution in [1.29, 1.82) is 0 Å². The molecule has 1 unspecified atom stereocenters. The fourth-order valence-corrected chi connectivity index (χ4v) is 3.52. The number of unbranched alkanes of at least 4 members (excludes halogenated alkanes) is 5. The van der Waals surface area contributed by atoms with Crippen molar-refractivity contribution in [1.82, 2.24) is 0 Å². The van der Waals surface area contributed by atoms with Gasteiger partial charge in [0.15, 0.2) is 0 Å². The lowest BCUT2D eigenvalue weighted by Crippen LogP contribution is -2.47. The SMILES string of the molecule is CCCCCCCCC1(C2(O)CCCCC2)CO1. The van der Waals surface area contributed by atoms with E-state index in [4.69, 9.17) is 4.74 Å². The Balaban J connectivity index is 1.68. The van der Waals surface area contributed by atoms with Gasteiger partial charge in [0, 0.05) is 0 Å². The molecule has 0 radical (unpaired) electrons. The van der Waals surface area contributed by atoms with Crippen LogP contribution in [0, 0.1) is 0 Å². The molecule has 2 aliphatic rings. The van der Waals surface area contributed by atoms with Crippen molar-refractivity contribution in [2.75, 3.05) is 6.61 Å². The molecule has 0 bridgehead atoms. The summed E-state index contributed by atoms with van der Waals surface area (Å²) in [6, 6.07) is 0. The van der Waals surface area contributed by atoms with Gasteiger partial charge in [0.1, 0.15) is 5.60 Å². The van der Waals surface area contributed by atoms with Crippen LogP contribution < -0.4 is 0 Å². The lowest BCUT2D eigenvalue weighted by atomic mass is 9.73. The normalized spacial score (nSPS) is 30.3. The van der Waals surface area contributed by atoms with Crippen molar-refractivity contribution < 1.29 is 9.84 Å². The van der Waals surface area contributed by atoms with Crippen molar-refractivity contribution in [3.05, 3.63) is 0 Å². The van der Waals surface area contributed by atoms with Crippen molar-refractivity contribution in [2.45, 2.75) is 95.2 Å². The predicted octanol–water partition coefficient (Wildman–Crippen LogP) is 4.20.